The van der Waals surface area contributed by atoms with E-state index in [0.717, 1.165) is 5.56 Å². The lowest BCUT2D eigenvalue weighted by molar-refractivity contribution is 0.380. The number of rotatable bonds is 3. The van der Waals surface area contributed by atoms with E-state index in [0.29, 0.717) is 10.0 Å². The zero-order valence-electron chi connectivity index (χ0n) is 10.1. The first-order valence-corrected chi connectivity index (χ1v) is 6.34. The highest BCUT2D eigenvalue weighted by Gasteiger charge is 2.17. The van der Waals surface area contributed by atoms with Crippen LogP contribution in [0.15, 0.2) is 21.1 Å². The zero-order valence-corrected chi connectivity index (χ0v) is 11.7. The van der Waals surface area contributed by atoms with Crippen molar-refractivity contribution in [3.63, 3.8) is 0 Å². The topological polar surface area (TPSA) is 64.9 Å². The summed E-state index contributed by atoms with van der Waals surface area (Å²) in [6.07, 6.45) is 0. The quantitative estimate of drug-likeness (QED) is 0.945. The van der Waals surface area contributed by atoms with Crippen LogP contribution in [0, 0.1) is 5.82 Å². The van der Waals surface area contributed by atoms with E-state index in [1.165, 1.54) is 0 Å². The number of halogens is 2. The Hall–Kier alpha value is -1.27. The molecule has 0 saturated carbocycles. The molecule has 0 atom stereocenters. The summed E-state index contributed by atoms with van der Waals surface area (Å²) in [6.45, 7) is 4.20. The lowest BCUT2D eigenvalue weighted by atomic mass is 10.0. The maximum atomic E-state index is 14.0. The number of nitrogens with two attached hydrogens (primary N) is 1. The summed E-state index contributed by atoms with van der Waals surface area (Å²) in [5, 5.41) is 3.73. The molecular weight excluding hydrogens is 301 g/mol. The van der Waals surface area contributed by atoms with Crippen molar-refractivity contribution in [3.8, 4) is 11.4 Å². The second-order valence-corrected chi connectivity index (χ2v) is 5.09. The van der Waals surface area contributed by atoms with E-state index in [1.54, 1.807) is 12.1 Å². The van der Waals surface area contributed by atoms with Gasteiger partial charge in [0.25, 0.3) is 0 Å². The Labute approximate surface area is 113 Å². The van der Waals surface area contributed by atoms with Crippen LogP contribution in [-0.4, -0.2) is 10.1 Å². The molecule has 0 radical (unpaired) electrons. The number of benzene rings is 1. The molecule has 0 aliphatic carbocycles. The molecule has 6 heteroatoms. The molecule has 2 aromatic rings. The van der Waals surface area contributed by atoms with Gasteiger partial charge in [-0.3, -0.25) is 0 Å². The number of hydrogen-bond acceptors (Lipinski definition) is 4. The van der Waals surface area contributed by atoms with Crippen LogP contribution in [-0.2, 0) is 6.54 Å². The maximum Gasteiger partial charge on any atom is 0.240 e. The normalized spacial score (nSPS) is 11.2. The molecule has 0 bridgehead atoms. The summed E-state index contributed by atoms with van der Waals surface area (Å²) in [6, 6.07) is 3.49. The molecule has 0 fully saturated rings. The van der Waals surface area contributed by atoms with Crippen LogP contribution in [0.4, 0.5) is 4.39 Å². The van der Waals surface area contributed by atoms with Crippen molar-refractivity contribution in [1.82, 2.24) is 10.1 Å². The van der Waals surface area contributed by atoms with Crippen molar-refractivity contribution < 1.29 is 8.91 Å². The van der Waals surface area contributed by atoms with E-state index in [1.807, 2.05) is 13.8 Å². The summed E-state index contributed by atoms with van der Waals surface area (Å²) >= 11 is 3.20. The third-order valence-electron chi connectivity index (χ3n) is 2.60. The SMILES string of the molecule is CC(C)c1cc(Br)c(F)c(-c2noc(CN)n2)c1. The fourth-order valence-electron chi connectivity index (χ4n) is 1.55. The van der Waals surface area contributed by atoms with E-state index in [4.69, 9.17) is 10.3 Å². The van der Waals surface area contributed by atoms with Crippen LogP contribution < -0.4 is 5.73 Å². The molecule has 1 aromatic carbocycles. The average Bonchev–Trinajstić information content (AvgIpc) is 2.80. The third-order valence-corrected chi connectivity index (χ3v) is 3.18. The van der Waals surface area contributed by atoms with Gasteiger partial charge in [-0.2, -0.15) is 4.98 Å². The van der Waals surface area contributed by atoms with Gasteiger partial charge in [-0.1, -0.05) is 19.0 Å². The molecule has 2 rings (SSSR count). The monoisotopic (exact) mass is 313 g/mol. The molecule has 0 aliphatic rings. The van der Waals surface area contributed by atoms with Crippen molar-refractivity contribution in [3.05, 3.63) is 33.9 Å². The van der Waals surface area contributed by atoms with Gasteiger partial charge in [0.2, 0.25) is 11.7 Å². The van der Waals surface area contributed by atoms with Crippen LogP contribution >= 0.6 is 15.9 Å². The van der Waals surface area contributed by atoms with Crippen LogP contribution in [0.25, 0.3) is 11.4 Å². The second kappa shape index (κ2) is 5.16. The Morgan fingerprint density at radius 3 is 2.72 bits per heavy atom. The molecule has 0 aliphatic heterocycles. The van der Waals surface area contributed by atoms with Gasteiger partial charge in [0.05, 0.1) is 16.6 Å². The third kappa shape index (κ3) is 2.44. The van der Waals surface area contributed by atoms with Gasteiger partial charge in [0.1, 0.15) is 5.82 Å². The molecule has 0 amide bonds. The Bertz CT molecular complexity index is 568. The van der Waals surface area contributed by atoms with Gasteiger partial charge in [-0.15, -0.1) is 0 Å². The first-order chi connectivity index (χ1) is 8.52. The average molecular weight is 314 g/mol. The molecule has 96 valence electrons. The van der Waals surface area contributed by atoms with Crippen molar-refractivity contribution in [2.24, 2.45) is 5.73 Å². The Morgan fingerprint density at radius 1 is 1.44 bits per heavy atom. The predicted octanol–water partition coefficient (Wildman–Crippen LogP) is 3.22. The summed E-state index contributed by atoms with van der Waals surface area (Å²) in [5.74, 6) is 0.386. The highest BCUT2D eigenvalue weighted by Crippen LogP contribution is 2.30. The minimum Gasteiger partial charge on any atom is -0.338 e. The highest BCUT2D eigenvalue weighted by atomic mass is 79.9. The van der Waals surface area contributed by atoms with Crippen molar-refractivity contribution in [2.45, 2.75) is 26.3 Å². The van der Waals surface area contributed by atoms with Gasteiger partial charge >= 0.3 is 0 Å². The predicted molar refractivity (Wildman–Crippen MR) is 69.4 cm³/mol. The molecule has 4 nitrogen and oxygen atoms in total. The number of hydrogen-bond donors (Lipinski definition) is 1. The van der Waals surface area contributed by atoms with E-state index in [2.05, 4.69) is 26.1 Å². The summed E-state index contributed by atoms with van der Waals surface area (Å²) < 4.78 is 19.3. The Balaban J connectivity index is 2.55. The number of aromatic nitrogens is 2. The van der Waals surface area contributed by atoms with Gasteiger partial charge in [0, 0.05) is 0 Å². The molecule has 0 saturated heterocycles. The van der Waals surface area contributed by atoms with Crippen LogP contribution in [0.1, 0.15) is 31.2 Å². The number of nitrogens with zero attached hydrogens (tertiary/aromatic N) is 2. The van der Waals surface area contributed by atoms with Crippen LogP contribution in [0.3, 0.4) is 0 Å². The molecule has 0 unspecified atom stereocenters. The Morgan fingerprint density at radius 2 is 2.17 bits per heavy atom. The van der Waals surface area contributed by atoms with E-state index >= 15 is 0 Å². The fourth-order valence-corrected chi connectivity index (χ4v) is 2.03. The molecule has 1 aromatic heterocycles. The lowest BCUT2D eigenvalue weighted by Crippen LogP contribution is -1.97. The van der Waals surface area contributed by atoms with Crippen molar-refractivity contribution >= 4 is 15.9 Å². The molecule has 2 N–H and O–H groups in total. The highest BCUT2D eigenvalue weighted by molar-refractivity contribution is 9.10. The standard InChI is InChI=1S/C12H13BrFN3O/c1-6(2)7-3-8(11(14)9(13)4-7)12-16-10(5-15)18-17-12/h3-4,6H,5,15H2,1-2H3. The van der Waals surface area contributed by atoms with Crippen molar-refractivity contribution in [1.29, 1.82) is 0 Å². The van der Waals surface area contributed by atoms with Gasteiger partial charge in [0.15, 0.2) is 0 Å². The zero-order chi connectivity index (χ0) is 13.3. The summed E-state index contributed by atoms with van der Waals surface area (Å²) in [7, 11) is 0. The first kappa shape index (κ1) is 13.2. The largest absolute Gasteiger partial charge is 0.338 e. The maximum absolute atomic E-state index is 14.0. The van der Waals surface area contributed by atoms with Crippen LogP contribution in [0.5, 0.6) is 0 Å². The smallest absolute Gasteiger partial charge is 0.240 e. The van der Waals surface area contributed by atoms with Crippen LogP contribution in [0.2, 0.25) is 0 Å². The Kier molecular flexibility index (Phi) is 3.77. The lowest BCUT2D eigenvalue weighted by Gasteiger charge is -2.09. The molecule has 0 spiro atoms. The minimum atomic E-state index is -0.399. The summed E-state index contributed by atoms with van der Waals surface area (Å²) in [4.78, 5) is 4.04. The molecular formula is C12H13BrFN3O. The molecule has 1 heterocycles. The summed E-state index contributed by atoms with van der Waals surface area (Å²) in [5.41, 5.74) is 6.70. The van der Waals surface area contributed by atoms with E-state index < -0.39 is 5.82 Å². The second-order valence-electron chi connectivity index (χ2n) is 4.23. The van der Waals surface area contributed by atoms with E-state index in [-0.39, 0.29) is 24.2 Å². The van der Waals surface area contributed by atoms with Crippen molar-refractivity contribution in [2.75, 3.05) is 0 Å². The van der Waals surface area contributed by atoms with Gasteiger partial charge in [-0.25, -0.2) is 4.39 Å². The molecule has 18 heavy (non-hydrogen) atoms. The fraction of sp³-hybridized carbons (Fsp3) is 0.333. The minimum absolute atomic E-state index is 0.139. The first-order valence-electron chi connectivity index (χ1n) is 5.55. The van der Waals surface area contributed by atoms with Gasteiger partial charge in [-0.05, 0) is 39.5 Å². The van der Waals surface area contributed by atoms with Gasteiger partial charge < -0.3 is 10.3 Å². The van der Waals surface area contributed by atoms with E-state index in [9.17, 15) is 4.39 Å².